The number of halogens is 1. The van der Waals surface area contributed by atoms with Gasteiger partial charge in [0.1, 0.15) is 18.5 Å². The van der Waals surface area contributed by atoms with Crippen molar-refractivity contribution in [3.8, 4) is 5.75 Å². The summed E-state index contributed by atoms with van der Waals surface area (Å²) in [5.41, 5.74) is -0.175. The standard InChI is InChI=1S/C20H24FN3O5/c1-12-6-7-16(28-3)14(9-12)13(2)22-17(25)11-24-19(26)15(21)10-23(20(24)27)18-5-4-8-29-18/h6-7,9-10,13,18H,4-5,8,11H2,1-3H3,(H,22,25)/t13-,18+/m0/s1. The summed E-state index contributed by atoms with van der Waals surface area (Å²) in [5.74, 6) is -1.10. The van der Waals surface area contributed by atoms with Crippen LogP contribution in [0.15, 0.2) is 34.0 Å². The molecule has 0 aliphatic carbocycles. The molecule has 0 saturated carbocycles. The lowest BCUT2D eigenvalue weighted by molar-refractivity contribution is -0.122. The van der Waals surface area contributed by atoms with Crippen LogP contribution < -0.4 is 21.3 Å². The molecule has 1 aliphatic heterocycles. The highest BCUT2D eigenvalue weighted by atomic mass is 19.1. The SMILES string of the molecule is COc1ccc(C)cc1[C@H](C)NC(=O)Cn1c(=O)c(F)cn([C@H]2CCCO2)c1=O. The van der Waals surface area contributed by atoms with Gasteiger partial charge in [0.05, 0.1) is 19.3 Å². The van der Waals surface area contributed by atoms with Crippen molar-refractivity contribution < 1.29 is 18.7 Å². The largest absolute Gasteiger partial charge is 0.496 e. The molecule has 2 atom stereocenters. The van der Waals surface area contributed by atoms with E-state index in [0.717, 1.165) is 28.3 Å². The number of rotatable bonds is 6. The van der Waals surface area contributed by atoms with Crippen LogP contribution in [-0.4, -0.2) is 28.8 Å². The molecule has 2 heterocycles. The molecule has 8 nitrogen and oxygen atoms in total. The number of carbonyl (C=O) groups is 1. The van der Waals surface area contributed by atoms with E-state index in [-0.39, 0.29) is 0 Å². The third-order valence-corrected chi connectivity index (χ3v) is 4.90. The molecule has 0 unspecified atom stereocenters. The van der Waals surface area contributed by atoms with Crippen molar-refractivity contribution in [1.29, 1.82) is 0 Å². The van der Waals surface area contributed by atoms with E-state index in [1.165, 1.54) is 7.11 Å². The lowest BCUT2D eigenvalue weighted by atomic mass is 10.0. The van der Waals surface area contributed by atoms with Gasteiger partial charge >= 0.3 is 5.69 Å². The molecule has 1 saturated heterocycles. The molecular formula is C20H24FN3O5. The van der Waals surface area contributed by atoms with Gasteiger partial charge in [-0.05, 0) is 32.8 Å². The normalized spacial score (nSPS) is 17.2. The van der Waals surface area contributed by atoms with Crippen LogP contribution in [0, 0.1) is 12.7 Å². The summed E-state index contributed by atoms with van der Waals surface area (Å²) in [6, 6.07) is 5.12. The van der Waals surface area contributed by atoms with E-state index < -0.39 is 41.8 Å². The number of hydrogen-bond donors (Lipinski definition) is 1. The van der Waals surface area contributed by atoms with E-state index in [4.69, 9.17) is 9.47 Å². The number of aromatic nitrogens is 2. The van der Waals surface area contributed by atoms with Gasteiger partial charge in [-0.1, -0.05) is 17.7 Å². The molecular weight excluding hydrogens is 381 g/mol. The second-order valence-electron chi connectivity index (χ2n) is 7.06. The third-order valence-electron chi connectivity index (χ3n) is 4.90. The van der Waals surface area contributed by atoms with Gasteiger partial charge in [-0.15, -0.1) is 0 Å². The minimum absolute atomic E-state index is 0.443. The van der Waals surface area contributed by atoms with E-state index in [9.17, 15) is 18.8 Å². The Morgan fingerprint density at radius 1 is 1.41 bits per heavy atom. The molecule has 9 heteroatoms. The van der Waals surface area contributed by atoms with Gasteiger partial charge in [0.2, 0.25) is 11.7 Å². The number of amides is 1. The van der Waals surface area contributed by atoms with Crippen molar-refractivity contribution in [1.82, 2.24) is 14.5 Å². The Bertz CT molecular complexity index is 1020. The van der Waals surface area contributed by atoms with Crippen LogP contribution in [0.25, 0.3) is 0 Å². The quantitative estimate of drug-likeness (QED) is 0.789. The molecule has 1 fully saturated rings. The van der Waals surface area contributed by atoms with Gasteiger partial charge in [0, 0.05) is 12.2 Å². The Hall–Kier alpha value is -2.94. The molecule has 0 spiro atoms. The van der Waals surface area contributed by atoms with Crippen LogP contribution in [0.1, 0.15) is 43.2 Å². The van der Waals surface area contributed by atoms with Crippen molar-refractivity contribution in [3.05, 3.63) is 62.2 Å². The highest BCUT2D eigenvalue weighted by molar-refractivity contribution is 5.76. The number of aryl methyl sites for hydroxylation is 1. The van der Waals surface area contributed by atoms with Gasteiger partial charge in [-0.3, -0.25) is 14.2 Å². The first-order valence-electron chi connectivity index (χ1n) is 9.38. The Morgan fingerprint density at radius 2 is 2.17 bits per heavy atom. The summed E-state index contributed by atoms with van der Waals surface area (Å²) in [5, 5.41) is 2.73. The van der Waals surface area contributed by atoms with E-state index >= 15 is 0 Å². The van der Waals surface area contributed by atoms with Crippen molar-refractivity contribution >= 4 is 5.91 Å². The molecule has 2 aromatic rings. The number of hydrogen-bond acceptors (Lipinski definition) is 5. The van der Waals surface area contributed by atoms with Crippen LogP contribution in [0.3, 0.4) is 0 Å². The average Bonchev–Trinajstić information content (AvgIpc) is 3.22. The Balaban J connectivity index is 1.83. The Kier molecular flexibility index (Phi) is 6.17. The van der Waals surface area contributed by atoms with Crippen LogP contribution in [0.5, 0.6) is 5.75 Å². The van der Waals surface area contributed by atoms with Gasteiger partial charge in [-0.25, -0.2) is 9.36 Å². The zero-order valence-electron chi connectivity index (χ0n) is 16.6. The lowest BCUT2D eigenvalue weighted by Gasteiger charge is -2.19. The maximum absolute atomic E-state index is 14.1. The topological polar surface area (TPSA) is 91.6 Å². The van der Waals surface area contributed by atoms with Crippen LogP contribution in [-0.2, 0) is 16.1 Å². The summed E-state index contributed by atoms with van der Waals surface area (Å²) in [7, 11) is 1.53. The fraction of sp³-hybridized carbons (Fsp3) is 0.450. The molecule has 1 aromatic carbocycles. The maximum atomic E-state index is 14.1. The van der Waals surface area contributed by atoms with Crippen LogP contribution in [0.4, 0.5) is 4.39 Å². The van der Waals surface area contributed by atoms with Crippen molar-refractivity contribution in [2.24, 2.45) is 0 Å². The van der Waals surface area contributed by atoms with Gasteiger partial charge < -0.3 is 14.8 Å². The number of methoxy groups -OCH3 is 1. The molecule has 1 aromatic heterocycles. The van der Waals surface area contributed by atoms with E-state index in [1.807, 2.05) is 19.1 Å². The van der Waals surface area contributed by atoms with Crippen molar-refractivity contribution in [3.63, 3.8) is 0 Å². The molecule has 1 N–H and O–H groups in total. The molecule has 0 radical (unpaired) electrons. The van der Waals surface area contributed by atoms with E-state index in [2.05, 4.69) is 5.32 Å². The summed E-state index contributed by atoms with van der Waals surface area (Å²) in [6.45, 7) is 3.53. The van der Waals surface area contributed by atoms with Gasteiger partial charge in [0.15, 0.2) is 0 Å². The molecule has 1 amide bonds. The lowest BCUT2D eigenvalue weighted by Crippen LogP contribution is -2.45. The van der Waals surface area contributed by atoms with E-state index in [1.54, 1.807) is 13.0 Å². The second kappa shape index (κ2) is 8.60. The minimum atomic E-state index is -1.14. The smallest absolute Gasteiger partial charge is 0.333 e. The van der Waals surface area contributed by atoms with Crippen LogP contribution >= 0.6 is 0 Å². The molecule has 156 valence electrons. The number of ether oxygens (including phenoxy) is 2. The first kappa shape index (κ1) is 20.8. The number of nitrogens with zero attached hydrogens (tertiary/aromatic N) is 2. The second-order valence-corrected chi connectivity index (χ2v) is 7.06. The zero-order valence-corrected chi connectivity index (χ0v) is 16.6. The Morgan fingerprint density at radius 3 is 2.83 bits per heavy atom. The highest BCUT2D eigenvalue weighted by Crippen LogP contribution is 2.26. The Labute approximate surface area is 166 Å². The van der Waals surface area contributed by atoms with Crippen molar-refractivity contribution in [2.75, 3.05) is 13.7 Å². The fourth-order valence-corrected chi connectivity index (χ4v) is 3.41. The van der Waals surface area contributed by atoms with Gasteiger partial charge in [-0.2, -0.15) is 4.39 Å². The number of nitrogens with one attached hydrogen (secondary N) is 1. The fourth-order valence-electron chi connectivity index (χ4n) is 3.41. The van der Waals surface area contributed by atoms with Crippen LogP contribution in [0.2, 0.25) is 0 Å². The minimum Gasteiger partial charge on any atom is -0.496 e. The summed E-state index contributed by atoms with van der Waals surface area (Å²) >= 11 is 0. The zero-order chi connectivity index (χ0) is 21.1. The predicted octanol–water partition coefficient (Wildman–Crippen LogP) is 1.65. The monoisotopic (exact) mass is 405 g/mol. The molecule has 29 heavy (non-hydrogen) atoms. The summed E-state index contributed by atoms with van der Waals surface area (Å²) in [4.78, 5) is 37.3. The van der Waals surface area contributed by atoms with E-state index in [0.29, 0.717) is 23.3 Å². The number of carbonyl (C=O) groups excluding carboxylic acids is 1. The van der Waals surface area contributed by atoms with Crippen molar-refractivity contribution in [2.45, 2.75) is 45.5 Å². The molecule has 0 bridgehead atoms. The highest BCUT2D eigenvalue weighted by Gasteiger charge is 2.23. The average molecular weight is 405 g/mol. The number of benzene rings is 1. The first-order valence-corrected chi connectivity index (χ1v) is 9.38. The predicted molar refractivity (Wildman–Crippen MR) is 103 cm³/mol. The third kappa shape index (κ3) is 4.40. The summed E-state index contributed by atoms with van der Waals surface area (Å²) in [6.07, 6.45) is 1.47. The maximum Gasteiger partial charge on any atom is 0.333 e. The first-order chi connectivity index (χ1) is 13.8. The summed E-state index contributed by atoms with van der Waals surface area (Å²) < 4.78 is 26.4. The molecule has 1 aliphatic rings. The van der Waals surface area contributed by atoms with Gasteiger partial charge in [0.25, 0.3) is 5.56 Å². The molecule has 3 rings (SSSR count).